The summed E-state index contributed by atoms with van der Waals surface area (Å²) in [4.78, 5) is 12.2. The molecule has 1 amide bonds. The third-order valence-corrected chi connectivity index (χ3v) is 3.17. The molecule has 1 heterocycles. The van der Waals surface area contributed by atoms with Crippen molar-refractivity contribution in [2.75, 3.05) is 18.9 Å². The molecule has 92 valence electrons. The van der Waals surface area contributed by atoms with Crippen LogP contribution in [0.5, 0.6) is 0 Å². The molecule has 0 saturated carbocycles. The fourth-order valence-corrected chi connectivity index (χ4v) is 2.10. The lowest BCUT2D eigenvalue weighted by atomic mass is 9.99. The van der Waals surface area contributed by atoms with Crippen molar-refractivity contribution in [2.24, 2.45) is 0 Å². The van der Waals surface area contributed by atoms with Crippen molar-refractivity contribution >= 4 is 11.6 Å². The summed E-state index contributed by atoms with van der Waals surface area (Å²) in [6.45, 7) is 5.13. The molecule has 1 unspecified atom stereocenters. The lowest BCUT2D eigenvalue weighted by Crippen LogP contribution is -2.46. The quantitative estimate of drug-likeness (QED) is 0.762. The van der Waals surface area contributed by atoms with Gasteiger partial charge in [-0.15, -0.1) is 0 Å². The van der Waals surface area contributed by atoms with Crippen LogP contribution in [0.2, 0.25) is 0 Å². The summed E-state index contributed by atoms with van der Waals surface area (Å²) in [6, 6.07) is 5.48. The summed E-state index contributed by atoms with van der Waals surface area (Å²) in [5, 5.41) is 3.01. The van der Waals surface area contributed by atoms with Gasteiger partial charge in [-0.3, -0.25) is 4.79 Å². The van der Waals surface area contributed by atoms with Gasteiger partial charge in [0.1, 0.15) is 0 Å². The highest BCUT2D eigenvalue weighted by molar-refractivity contribution is 6.00. The number of amides is 1. The first kappa shape index (κ1) is 11.9. The minimum atomic E-state index is -0.272. The van der Waals surface area contributed by atoms with Crippen LogP contribution in [0.25, 0.3) is 0 Å². The van der Waals surface area contributed by atoms with Gasteiger partial charge in [-0.05, 0) is 31.9 Å². The number of rotatable bonds is 2. The van der Waals surface area contributed by atoms with Crippen molar-refractivity contribution in [3.8, 4) is 0 Å². The first-order valence-electron chi connectivity index (χ1n) is 5.77. The maximum absolute atomic E-state index is 12.2. The van der Waals surface area contributed by atoms with E-state index in [1.165, 1.54) is 0 Å². The number of nitrogen functional groups attached to an aromatic ring is 1. The van der Waals surface area contributed by atoms with Gasteiger partial charge < -0.3 is 15.8 Å². The second-order valence-electron chi connectivity index (χ2n) is 4.86. The number of anilines is 1. The van der Waals surface area contributed by atoms with E-state index in [-0.39, 0.29) is 11.4 Å². The Kier molecular flexibility index (Phi) is 3.07. The molecule has 1 aromatic rings. The number of nitrogens with two attached hydrogens (primary N) is 1. The number of carbonyl (C=O) groups is 1. The van der Waals surface area contributed by atoms with Crippen molar-refractivity contribution in [3.05, 3.63) is 29.3 Å². The summed E-state index contributed by atoms with van der Waals surface area (Å²) in [5.74, 6) is -0.117. The minimum absolute atomic E-state index is 0.117. The molecule has 0 radical (unpaired) electrons. The van der Waals surface area contributed by atoms with E-state index in [1.807, 2.05) is 26.0 Å². The highest BCUT2D eigenvalue weighted by Crippen LogP contribution is 2.21. The van der Waals surface area contributed by atoms with E-state index in [0.29, 0.717) is 24.5 Å². The molecule has 0 bridgehead atoms. The molecule has 0 aromatic heterocycles. The Morgan fingerprint density at radius 1 is 1.53 bits per heavy atom. The lowest BCUT2D eigenvalue weighted by Gasteiger charge is -2.24. The molecule has 17 heavy (non-hydrogen) atoms. The van der Waals surface area contributed by atoms with Crippen LogP contribution in [0, 0.1) is 6.92 Å². The predicted octanol–water partition coefficient (Wildman–Crippen LogP) is 1.49. The summed E-state index contributed by atoms with van der Waals surface area (Å²) in [5.41, 5.74) is 7.56. The second kappa shape index (κ2) is 4.37. The van der Waals surface area contributed by atoms with Gasteiger partial charge in [0.25, 0.3) is 5.91 Å². The SMILES string of the molecule is Cc1cccc(N)c1C(=O)NC1(C)CCOC1. The second-order valence-corrected chi connectivity index (χ2v) is 4.86. The molecule has 0 aliphatic carbocycles. The smallest absolute Gasteiger partial charge is 0.254 e. The van der Waals surface area contributed by atoms with Crippen LogP contribution in [0.3, 0.4) is 0 Å². The van der Waals surface area contributed by atoms with Crippen molar-refractivity contribution < 1.29 is 9.53 Å². The van der Waals surface area contributed by atoms with E-state index in [9.17, 15) is 4.79 Å². The molecule has 0 spiro atoms. The monoisotopic (exact) mass is 234 g/mol. The van der Waals surface area contributed by atoms with Crippen LogP contribution in [0.4, 0.5) is 5.69 Å². The standard InChI is InChI=1S/C13H18N2O2/c1-9-4-3-5-10(14)11(9)12(16)15-13(2)6-7-17-8-13/h3-5H,6-8,14H2,1-2H3,(H,15,16). The highest BCUT2D eigenvalue weighted by Gasteiger charge is 2.32. The zero-order chi connectivity index (χ0) is 12.5. The maximum atomic E-state index is 12.2. The zero-order valence-electron chi connectivity index (χ0n) is 10.2. The molecule has 1 aliphatic heterocycles. The Morgan fingerprint density at radius 2 is 2.29 bits per heavy atom. The van der Waals surface area contributed by atoms with E-state index in [4.69, 9.17) is 10.5 Å². The number of aryl methyl sites for hydroxylation is 1. The molecule has 1 fully saturated rings. The van der Waals surface area contributed by atoms with Gasteiger partial charge in [-0.25, -0.2) is 0 Å². The number of hydrogen-bond donors (Lipinski definition) is 2. The fourth-order valence-electron chi connectivity index (χ4n) is 2.10. The molecular weight excluding hydrogens is 216 g/mol. The fraction of sp³-hybridized carbons (Fsp3) is 0.462. The Labute approximate surface area is 101 Å². The van der Waals surface area contributed by atoms with Crippen LogP contribution in [0.15, 0.2) is 18.2 Å². The molecule has 1 saturated heterocycles. The number of nitrogens with one attached hydrogen (secondary N) is 1. The molecule has 3 N–H and O–H groups in total. The number of ether oxygens (including phenoxy) is 1. The van der Waals surface area contributed by atoms with Crippen LogP contribution < -0.4 is 11.1 Å². The van der Waals surface area contributed by atoms with E-state index < -0.39 is 0 Å². The molecule has 1 atom stereocenters. The molecule has 4 heteroatoms. The van der Waals surface area contributed by atoms with Crippen LogP contribution in [-0.4, -0.2) is 24.7 Å². The van der Waals surface area contributed by atoms with Gasteiger partial charge in [-0.1, -0.05) is 12.1 Å². The third-order valence-electron chi connectivity index (χ3n) is 3.17. The van der Waals surface area contributed by atoms with Crippen LogP contribution in [0.1, 0.15) is 29.3 Å². The number of hydrogen-bond acceptors (Lipinski definition) is 3. The Balaban J connectivity index is 2.20. The average molecular weight is 234 g/mol. The lowest BCUT2D eigenvalue weighted by molar-refractivity contribution is 0.0890. The van der Waals surface area contributed by atoms with Crippen molar-refractivity contribution in [3.63, 3.8) is 0 Å². The van der Waals surface area contributed by atoms with Crippen LogP contribution >= 0.6 is 0 Å². The van der Waals surface area contributed by atoms with Gasteiger partial charge in [0, 0.05) is 12.3 Å². The Morgan fingerprint density at radius 3 is 2.88 bits per heavy atom. The van der Waals surface area contributed by atoms with Crippen molar-refractivity contribution in [1.29, 1.82) is 0 Å². The molecule has 4 nitrogen and oxygen atoms in total. The average Bonchev–Trinajstić information content (AvgIpc) is 2.64. The zero-order valence-corrected chi connectivity index (χ0v) is 10.2. The van der Waals surface area contributed by atoms with Gasteiger partial charge in [0.15, 0.2) is 0 Å². The van der Waals surface area contributed by atoms with Crippen molar-refractivity contribution in [2.45, 2.75) is 25.8 Å². The molecular formula is C13H18N2O2. The maximum Gasteiger partial charge on any atom is 0.254 e. The first-order chi connectivity index (χ1) is 8.02. The van der Waals surface area contributed by atoms with Gasteiger partial charge in [-0.2, -0.15) is 0 Å². The van der Waals surface area contributed by atoms with E-state index >= 15 is 0 Å². The third kappa shape index (κ3) is 2.42. The van der Waals surface area contributed by atoms with Gasteiger partial charge >= 0.3 is 0 Å². The van der Waals surface area contributed by atoms with E-state index in [1.54, 1.807) is 6.07 Å². The summed E-state index contributed by atoms with van der Waals surface area (Å²) >= 11 is 0. The number of carbonyl (C=O) groups excluding carboxylic acids is 1. The predicted molar refractivity (Wildman–Crippen MR) is 66.9 cm³/mol. The normalized spacial score (nSPS) is 23.6. The topological polar surface area (TPSA) is 64.4 Å². The molecule has 1 aromatic carbocycles. The van der Waals surface area contributed by atoms with Gasteiger partial charge in [0.05, 0.1) is 17.7 Å². The van der Waals surface area contributed by atoms with E-state index in [2.05, 4.69) is 5.32 Å². The molecule has 1 aliphatic rings. The Hall–Kier alpha value is -1.55. The number of benzene rings is 1. The van der Waals surface area contributed by atoms with E-state index in [0.717, 1.165) is 12.0 Å². The van der Waals surface area contributed by atoms with Crippen molar-refractivity contribution in [1.82, 2.24) is 5.32 Å². The highest BCUT2D eigenvalue weighted by atomic mass is 16.5. The van der Waals surface area contributed by atoms with Gasteiger partial charge in [0.2, 0.25) is 0 Å². The van der Waals surface area contributed by atoms with Crippen LogP contribution in [-0.2, 0) is 4.74 Å². The molecule has 2 rings (SSSR count). The summed E-state index contributed by atoms with van der Waals surface area (Å²) in [7, 11) is 0. The minimum Gasteiger partial charge on any atom is -0.398 e. The summed E-state index contributed by atoms with van der Waals surface area (Å²) < 4.78 is 5.31. The Bertz CT molecular complexity index is 417. The summed E-state index contributed by atoms with van der Waals surface area (Å²) in [6.07, 6.45) is 0.838. The first-order valence-corrected chi connectivity index (χ1v) is 5.77. The largest absolute Gasteiger partial charge is 0.398 e.